The summed E-state index contributed by atoms with van der Waals surface area (Å²) in [6, 6.07) is 0. The van der Waals surface area contributed by atoms with E-state index in [1.165, 1.54) is 11.5 Å². The third-order valence-corrected chi connectivity index (χ3v) is 4.11. The third-order valence-electron chi connectivity index (χ3n) is 2.18. The summed E-state index contributed by atoms with van der Waals surface area (Å²) in [5.41, 5.74) is 5.40. The zero-order valence-corrected chi connectivity index (χ0v) is 11.6. The van der Waals surface area contributed by atoms with Gasteiger partial charge < -0.3 is 10.8 Å². The molecule has 4 nitrogen and oxygen atoms in total. The largest absolute Gasteiger partial charge is 0.394 e. The highest BCUT2D eigenvalue weighted by molar-refractivity contribution is 8.01. The molecule has 0 aliphatic carbocycles. The standard InChI is InChI=1S/C10H19N3OS2/c1-4-8-12-9(16-13-8)15-7(2)5-10(3,11)6-14/h7,14H,4-6,11H2,1-3H3. The van der Waals surface area contributed by atoms with Crippen LogP contribution in [0.1, 0.15) is 33.0 Å². The van der Waals surface area contributed by atoms with Crippen LogP contribution >= 0.6 is 23.3 Å². The summed E-state index contributed by atoms with van der Waals surface area (Å²) >= 11 is 3.11. The van der Waals surface area contributed by atoms with Crippen molar-refractivity contribution in [3.8, 4) is 0 Å². The molecule has 1 aromatic heterocycles. The van der Waals surface area contributed by atoms with E-state index < -0.39 is 5.54 Å². The van der Waals surface area contributed by atoms with E-state index >= 15 is 0 Å². The third kappa shape index (κ3) is 4.37. The normalized spacial score (nSPS) is 17.1. The maximum absolute atomic E-state index is 9.09. The average molecular weight is 261 g/mol. The first-order chi connectivity index (χ1) is 7.46. The molecule has 3 N–H and O–H groups in total. The predicted octanol–water partition coefficient (Wildman–Crippen LogP) is 1.68. The van der Waals surface area contributed by atoms with Crippen molar-refractivity contribution in [3.63, 3.8) is 0 Å². The minimum absolute atomic E-state index is 0.00816. The monoisotopic (exact) mass is 261 g/mol. The van der Waals surface area contributed by atoms with Crippen LogP contribution in [0.15, 0.2) is 4.34 Å². The van der Waals surface area contributed by atoms with Gasteiger partial charge in [0.1, 0.15) is 5.82 Å². The Labute approximate surface area is 105 Å². The van der Waals surface area contributed by atoms with Crippen LogP contribution in [0.2, 0.25) is 0 Å². The molecule has 2 atom stereocenters. The van der Waals surface area contributed by atoms with Gasteiger partial charge in [-0.1, -0.05) is 25.6 Å². The number of aliphatic hydroxyl groups is 1. The van der Waals surface area contributed by atoms with E-state index in [0.717, 1.165) is 23.0 Å². The maximum Gasteiger partial charge on any atom is 0.170 e. The Morgan fingerprint density at radius 2 is 2.31 bits per heavy atom. The van der Waals surface area contributed by atoms with E-state index in [1.54, 1.807) is 11.8 Å². The second-order valence-corrected chi connectivity index (χ2v) is 6.71. The number of nitrogens with zero attached hydrogens (tertiary/aromatic N) is 2. The van der Waals surface area contributed by atoms with Crippen molar-refractivity contribution in [2.75, 3.05) is 6.61 Å². The van der Waals surface area contributed by atoms with Gasteiger partial charge in [0, 0.05) is 17.2 Å². The second-order valence-electron chi connectivity index (χ2n) is 4.27. The van der Waals surface area contributed by atoms with Gasteiger partial charge in [0.2, 0.25) is 0 Å². The van der Waals surface area contributed by atoms with E-state index in [-0.39, 0.29) is 6.61 Å². The van der Waals surface area contributed by atoms with E-state index in [2.05, 4.69) is 16.3 Å². The number of aryl methyl sites for hydroxylation is 1. The van der Waals surface area contributed by atoms with Crippen LogP contribution in [0.4, 0.5) is 0 Å². The van der Waals surface area contributed by atoms with Gasteiger partial charge in [-0.2, -0.15) is 4.37 Å². The van der Waals surface area contributed by atoms with Crippen LogP contribution in [-0.2, 0) is 6.42 Å². The first-order valence-corrected chi connectivity index (χ1v) is 7.01. The van der Waals surface area contributed by atoms with Crippen molar-refractivity contribution < 1.29 is 5.11 Å². The zero-order valence-electron chi connectivity index (χ0n) is 9.93. The van der Waals surface area contributed by atoms with Gasteiger partial charge in [-0.05, 0) is 24.9 Å². The fraction of sp³-hybridized carbons (Fsp3) is 0.800. The van der Waals surface area contributed by atoms with Crippen molar-refractivity contribution in [3.05, 3.63) is 5.82 Å². The van der Waals surface area contributed by atoms with E-state index in [0.29, 0.717) is 5.25 Å². The molecule has 0 amide bonds. The van der Waals surface area contributed by atoms with Gasteiger partial charge in [-0.15, -0.1) is 0 Å². The van der Waals surface area contributed by atoms with Crippen molar-refractivity contribution in [2.24, 2.45) is 5.73 Å². The molecule has 0 aliphatic heterocycles. The minimum Gasteiger partial charge on any atom is -0.394 e. The summed E-state index contributed by atoms with van der Waals surface area (Å²) in [6.07, 6.45) is 1.63. The lowest BCUT2D eigenvalue weighted by atomic mass is 9.99. The quantitative estimate of drug-likeness (QED) is 0.762. The van der Waals surface area contributed by atoms with E-state index in [1.807, 2.05) is 13.8 Å². The molecule has 0 saturated heterocycles. The summed E-state index contributed by atoms with van der Waals surface area (Å²) < 4.78 is 5.22. The molecule has 1 rings (SSSR count). The number of rotatable bonds is 6. The van der Waals surface area contributed by atoms with Crippen LogP contribution < -0.4 is 5.73 Å². The lowest BCUT2D eigenvalue weighted by molar-refractivity contribution is 0.201. The van der Waals surface area contributed by atoms with E-state index in [9.17, 15) is 0 Å². The molecule has 0 radical (unpaired) electrons. The first kappa shape index (κ1) is 13.9. The molecule has 0 fully saturated rings. The molecule has 0 aromatic carbocycles. The molecule has 16 heavy (non-hydrogen) atoms. The topological polar surface area (TPSA) is 72.0 Å². The Bertz CT molecular complexity index is 328. The molecule has 1 heterocycles. The molecule has 2 unspecified atom stereocenters. The Hall–Kier alpha value is -0.170. The average Bonchev–Trinajstić information content (AvgIpc) is 2.64. The smallest absolute Gasteiger partial charge is 0.170 e. The van der Waals surface area contributed by atoms with Gasteiger partial charge >= 0.3 is 0 Å². The zero-order chi connectivity index (χ0) is 12.2. The van der Waals surface area contributed by atoms with Crippen molar-refractivity contribution >= 4 is 23.3 Å². The van der Waals surface area contributed by atoms with Crippen LogP contribution in [0.25, 0.3) is 0 Å². The Morgan fingerprint density at radius 3 is 2.81 bits per heavy atom. The number of hydrogen-bond donors (Lipinski definition) is 2. The van der Waals surface area contributed by atoms with Crippen LogP contribution in [0.5, 0.6) is 0 Å². The van der Waals surface area contributed by atoms with Crippen LogP contribution in [0, 0.1) is 0 Å². The maximum atomic E-state index is 9.09. The molecule has 1 aromatic rings. The lowest BCUT2D eigenvalue weighted by Crippen LogP contribution is -2.42. The number of aromatic nitrogens is 2. The molecule has 0 aliphatic rings. The number of aliphatic hydroxyl groups excluding tert-OH is 1. The summed E-state index contributed by atoms with van der Waals surface area (Å²) in [6.45, 7) is 6.01. The van der Waals surface area contributed by atoms with Crippen LogP contribution in [0.3, 0.4) is 0 Å². The number of thioether (sulfide) groups is 1. The molecule has 0 spiro atoms. The highest BCUT2D eigenvalue weighted by Gasteiger charge is 2.22. The molecule has 0 saturated carbocycles. The second kappa shape index (κ2) is 5.95. The van der Waals surface area contributed by atoms with Gasteiger partial charge in [0.25, 0.3) is 0 Å². The summed E-state index contributed by atoms with van der Waals surface area (Å²) in [5.74, 6) is 0.900. The molecule has 6 heteroatoms. The molecular weight excluding hydrogens is 242 g/mol. The Morgan fingerprint density at radius 1 is 1.62 bits per heavy atom. The fourth-order valence-electron chi connectivity index (χ4n) is 1.36. The highest BCUT2D eigenvalue weighted by Crippen LogP contribution is 2.29. The number of hydrogen-bond acceptors (Lipinski definition) is 6. The first-order valence-electron chi connectivity index (χ1n) is 5.36. The molecule has 0 bridgehead atoms. The minimum atomic E-state index is -0.509. The predicted molar refractivity (Wildman–Crippen MR) is 68.9 cm³/mol. The Kier molecular flexibility index (Phi) is 5.17. The highest BCUT2D eigenvalue weighted by atomic mass is 32.2. The van der Waals surface area contributed by atoms with Crippen molar-refractivity contribution in [1.29, 1.82) is 0 Å². The van der Waals surface area contributed by atoms with Gasteiger partial charge in [-0.25, -0.2) is 4.98 Å². The molecular formula is C10H19N3OS2. The van der Waals surface area contributed by atoms with Crippen molar-refractivity contribution in [1.82, 2.24) is 9.36 Å². The van der Waals surface area contributed by atoms with Crippen molar-refractivity contribution in [2.45, 2.75) is 48.7 Å². The van der Waals surface area contributed by atoms with Crippen LogP contribution in [-0.4, -0.2) is 31.9 Å². The summed E-state index contributed by atoms with van der Waals surface area (Å²) in [7, 11) is 0. The molecule has 92 valence electrons. The van der Waals surface area contributed by atoms with Gasteiger partial charge in [0.05, 0.1) is 6.61 Å². The fourth-order valence-corrected chi connectivity index (χ4v) is 3.61. The summed E-state index contributed by atoms with van der Waals surface area (Å²) in [5, 5.41) is 9.42. The SMILES string of the molecule is CCc1nsc(SC(C)CC(C)(N)CO)n1. The lowest BCUT2D eigenvalue weighted by Gasteiger charge is -2.24. The Balaban J connectivity index is 2.48. The van der Waals surface area contributed by atoms with Gasteiger partial charge in [0.15, 0.2) is 4.34 Å². The number of nitrogens with two attached hydrogens (primary N) is 1. The van der Waals surface area contributed by atoms with Gasteiger partial charge in [-0.3, -0.25) is 0 Å². The van der Waals surface area contributed by atoms with E-state index in [4.69, 9.17) is 10.8 Å². The summed E-state index contributed by atoms with van der Waals surface area (Å²) in [4.78, 5) is 4.39.